The molecule has 1 aliphatic rings. The summed E-state index contributed by atoms with van der Waals surface area (Å²) in [6.45, 7) is 4.53. The average Bonchev–Trinajstić information content (AvgIpc) is 2.81. The lowest BCUT2D eigenvalue weighted by atomic mass is 10.1. The van der Waals surface area contributed by atoms with Crippen LogP contribution in [0.3, 0.4) is 0 Å². The summed E-state index contributed by atoms with van der Waals surface area (Å²) in [5, 5.41) is 4.23. The Hall–Kier alpha value is -2.91. The molecule has 2 aromatic carbocycles. The molecule has 172 valence electrons. The molecule has 0 unspecified atom stereocenters. The summed E-state index contributed by atoms with van der Waals surface area (Å²) in [4.78, 5) is 19.7. The predicted octanol–water partition coefficient (Wildman–Crippen LogP) is 2.66. The van der Waals surface area contributed by atoms with Crippen LogP contribution < -0.4 is 4.74 Å². The zero-order valence-corrected chi connectivity index (χ0v) is 19.1. The fourth-order valence-electron chi connectivity index (χ4n) is 3.13. The Balaban J connectivity index is 1.52. The van der Waals surface area contributed by atoms with Crippen LogP contribution in [-0.2, 0) is 30.8 Å². The highest BCUT2D eigenvalue weighted by molar-refractivity contribution is 7.90. The zero-order chi connectivity index (χ0) is 23.0. The molecule has 0 radical (unpaired) electrons. The van der Waals surface area contributed by atoms with Crippen LogP contribution in [0.2, 0.25) is 0 Å². The van der Waals surface area contributed by atoms with Gasteiger partial charge in [-0.3, -0.25) is 4.79 Å². The summed E-state index contributed by atoms with van der Waals surface area (Å²) in [5.74, 6) is 0.559. The van der Waals surface area contributed by atoms with Crippen molar-refractivity contribution in [1.29, 1.82) is 0 Å². The molecule has 0 bridgehead atoms. The third kappa shape index (κ3) is 6.80. The largest absolute Gasteiger partial charge is 0.484 e. The molecule has 1 heterocycles. The smallest absolute Gasteiger partial charge is 0.260 e. The number of carbonyl (C=O) groups excluding carboxylic acids is 1. The van der Waals surface area contributed by atoms with E-state index < -0.39 is 9.84 Å². The van der Waals surface area contributed by atoms with E-state index in [1.807, 2.05) is 19.1 Å². The van der Waals surface area contributed by atoms with Gasteiger partial charge in [0.2, 0.25) is 0 Å². The second-order valence-corrected chi connectivity index (χ2v) is 9.40. The number of morpholine rings is 1. The number of rotatable bonds is 9. The monoisotopic (exact) mass is 460 g/mol. The van der Waals surface area contributed by atoms with Gasteiger partial charge in [0.1, 0.15) is 12.4 Å². The third-order valence-corrected chi connectivity index (χ3v) is 6.13. The van der Waals surface area contributed by atoms with Crippen LogP contribution >= 0.6 is 0 Å². The number of benzene rings is 2. The van der Waals surface area contributed by atoms with Gasteiger partial charge in [-0.25, -0.2) is 8.42 Å². The van der Waals surface area contributed by atoms with Gasteiger partial charge < -0.3 is 19.2 Å². The van der Waals surface area contributed by atoms with Crippen LogP contribution in [0.15, 0.2) is 58.6 Å². The summed E-state index contributed by atoms with van der Waals surface area (Å²) >= 11 is 0. The van der Waals surface area contributed by atoms with Crippen LogP contribution in [0.1, 0.15) is 24.5 Å². The van der Waals surface area contributed by atoms with E-state index in [1.54, 1.807) is 41.3 Å². The first-order valence-electron chi connectivity index (χ1n) is 10.4. The van der Waals surface area contributed by atoms with Crippen LogP contribution in [0.4, 0.5) is 0 Å². The lowest BCUT2D eigenvalue weighted by molar-refractivity contribution is -0.137. The van der Waals surface area contributed by atoms with Crippen molar-refractivity contribution in [3.8, 4) is 5.75 Å². The van der Waals surface area contributed by atoms with Crippen molar-refractivity contribution in [2.45, 2.75) is 24.8 Å². The van der Waals surface area contributed by atoms with E-state index in [9.17, 15) is 13.2 Å². The van der Waals surface area contributed by atoms with Crippen LogP contribution in [0.5, 0.6) is 5.75 Å². The van der Waals surface area contributed by atoms with Gasteiger partial charge >= 0.3 is 0 Å². The minimum absolute atomic E-state index is 0.00466. The molecule has 1 saturated heterocycles. The van der Waals surface area contributed by atoms with Gasteiger partial charge in [0.15, 0.2) is 16.4 Å². The van der Waals surface area contributed by atoms with Gasteiger partial charge in [0.25, 0.3) is 5.91 Å². The molecular weight excluding hydrogens is 432 g/mol. The van der Waals surface area contributed by atoms with Gasteiger partial charge in [0.05, 0.1) is 23.8 Å². The van der Waals surface area contributed by atoms with Crippen molar-refractivity contribution in [3.05, 3.63) is 59.7 Å². The van der Waals surface area contributed by atoms with Crippen molar-refractivity contribution in [3.63, 3.8) is 0 Å². The third-order valence-electron chi connectivity index (χ3n) is 5.01. The number of hydrogen-bond acceptors (Lipinski definition) is 7. The van der Waals surface area contributed by atoms with E-state index in [4.69, 9.17) is 14.3 Å². The molecule has 0 aliphatic carbocycles. The fourth-order valence-corrected chi connectivity index (χ4v) is 3.76. The Bertz CT molecular complexity index is 1030. The minimum Gasteiger partial charge on any atom is -0.484 e. The van der Waals surface area contributed by atoms with Crippen molar-refractivity contribution in [2.75, 3.05) is 39.2 Å². The van der Waals surface area contributed by atoms with E-state index in [0.29, 0.717) is 38.5 Å². The van der Waals surface area contributed by atoms with E-state index in [1.165, 1.54) is 6.26 Å². The summed E-state index contributed by atoms with van der Waals surface area (Å²) in [6.07, 6.45) is 1.84. The van der Waals surface area contributed by atoms with Crippen molar-refractivity contribution < 1.29 is 27.5 Å². The SMILES string of the molecule is CCC(=NOCc1ccc(S(C)(=O)=O)cc1)c1ccc(OCC(=O)N2CCOCC2)cc1. The van der Waals surface area contributed by atoms with E-state index >= 15 is 0 Å². The lowest BCUT2D eigenvalue weighted by Crippen LogP contribution is -2.42. The van der Waals surface area contributed by atoms with Gasteiger partial charge in [-0.2, -0.15) is 0 Å². The van der Waals surface area contributed by atoms with Crippen LogP contribution in [0, 0.1) is 0 Å². The quantitative estimate of drug-likeness (QED) is 0.422. The second kappa shape index (κ2) is 11.1. The van der Waals surface area contributed by atoms with Crippen LogP contribution in [-0.4, -0.2) is 64.1 Å². The standard InChI is InChI=1S/C23H28N2O6S/c1-3-22(24-31-16-18-4-10-21(11-5-18)32(2,27)28)19-6-8-20(9-7-19)30-17-23(26)25-12-14-29-15-13-25/h4-11H,3,12-17H2,1-2H3. The summed E-state index contributed by atoms with van der Waals surface area (Å²) < 4.78 is 33.9. The van der Waals surface area contributed by atoms with Gasteiger partial charge in [-0.05, 0) is 53.9 Å². The molecule has 0 aromatic heterocycles. The Kier molecular flexibility index (Phi) is 8.24. The van der Waals surface area contributed by atoms with E-state index in [2.05, 4.69) is 5.16 Å². The Morgan fingerprint density at radius 1 is 1.06 bits per heavy atom. The molecule has 1 aliphatic heterocycles. The van der Waals surface area contributed by atoms with Gasteiger partial charge in [-0.1, -0.05) is 24.2 Å². The molecule has 0 N–H and O–H groups in total. The molecule has 32 heavy (non-hydrogen) atoms. The first kappa shape index (κ1) is 23.7. The predicted molar refractivity (Wildman–Crippen MR) is 121 cm³/mol. The highest BCUT2D eigenvalue weighted by Crippen LogP contribution is 2.16. The van der Waals surface area contributed by atoms with E-state index in [-0.39, 0.29) is 24.0 Å². The summed E-state index contributed by atoms with van der Waals surface area (Å²) in [7, 11) is -3.22. The molecule has 9 heteroatoms. The van der Waals surface area contributed by atoms with Crippen molar-refractivity contribution >= 4 is 21.5 Å². The number of nitrogens with zero attached hydrogens (tertiary/aromatic N) is 2. The van der Waals surface area contributed by atoms with Gasteiger partial charge in [-0.15, -0.1) is 0 Å². The molecule has 0 atom stereocenters. The fraction of sp³-hybridized carbons (Fsp3) is 0.391. The Morgan fingerprint density at radius 2 is 1.72 bits per heavy atom. The molecular formula is C23H28N2O6S. The highest BCUT2D eigenvalue weighted by atomic mass is 32.2. The molecule has 2 aromatic rings. The average molecular weight is 461 g/mol. The summed E-state index contributed by atoms with van der Waals surface area (Å²) in [6, 6.07) is 13.9. The molecule has 0 spiro atoms. The highest BCUT2D eigenvalue weighted by Gasteiger charge is 2.17. The first-order valence-corrected chi connectivity index (χ1v) is 12.3. The Morgan fingerprint density at radius 3 is 2.31 bits per heavy atom. The number of amides is 1. The molecule has 1 fully saturated rings. The molecule has 1 amide bonds. The molecule has 0 saturated carbocycles. The molecule has 3 rings (SSSR count). The lowest BCUT2D eigenvalue weighted by Gasteiger charge is -2.26. The van der Waals surface area contributed by atoms with Crippen LogP contribution in [0.25, 0.3) is 0 Å². The Labute approximate surface area is 188 Å². The number of sulfone groups is 1. The minimum atomic E-state index is -3.22. The number of carbonyl (C=O) groups is 1. The maximum absolute atomic E-state index is 12.2. The number of oxime groups is 1. The van der Waals surface area contributed by atoms with Gasteiger partial charge in [0, 0.05) is 19.3 Å². The maximum Gasteiger partial charge on any atom is 0.260 e. The maximum atomic E-state index is 12.2. The topological polar surface area (TPSA) is 94.5 Å². The first-order chi connectivity index (χ1) is 15.4. The second-order valence-electron chi connectivity index (χ2n) is 7.39. The van der Waals surface area contributed by atoms with Crippen molar-refractivity contribution in [2.24, 2.45) is 5.16 Å². The number of hydrogen-bond donors (Lipinski definition) is 0. The van der Waals surface area contributed by atoms with E-state index in [0.717, 1.165) is 16.8 Å². The van der Waals surface area contributed by atoms with Crippen molar-refractivity contribution in [1.82, 2.24) is 4.90 Å². The molecule has 8 nitrogen and oxygen atoms in total. The normalized spacial score (nSPS) is 14.8. The number of ether oxygens (including phenoxy) is 2. The zero-order valence-electron chi connectivity index (χ0n) is 18.3. The summed E-state index contributed by atoms with van der Waals surface area (Å²) in [5.41, 5.74) is 2.49.